The topological polar surface area (TPSA) is 86.0 Å². The molecule has 0 spiro atoms. The highest BCUT2D eigenvalue weighted by Gasteiger charge is 2.26. The van der Waals surface area contributed by atoms with Gasteiger partial charge in [0, 0.05) is 30.3 Å². The number of ether oxygens (including phenoxy) is 1. The van der Waals surface area contributed by atoms with E-state index in [1.165, 1.54) is 63.8 Å². The monoisotopic (exact) mass is 585 g/mol. The Morgan fingerprint density at radius 2 is 1.57 bits per heavy atom. The van der Waals surface area contributed by atoms with Crippen LogP contribution in [0, 0.1) is 11.6 Å². The van der Waals surface area contributed by atoms with E-state index in [1.54, 1.807) is 18.2 Å². The van der Waals surface area contributed by atoms with E-state index in [2.05, 4.69) is 33.5 Å². The Morgan fingerprint density at radius 3 is 2.20 bits per heavy atom. The van der Waals surface area contributed by atoms with Gasteiger partial charge in [-0.2, -0.15) is 13.2 Å². The number of hydrogen-bond acceptors (Lipinski definition) is 7. The van der Waals surface area contributed by atoms with Crippen LogP contribution in [0.15, 0.2) is 42.7 Å². The van der Waals surface area contributed by atoms with Crippen molar-refractivity contribution >= 4 is 23.6 Å². The van der Waals surface area contributed by atoms with Gasteiger partial charge in [0.2, 0.25) is 11.8 Å². The first kappa shape index (κ1) is 33.1. The van der Waals surface area contributed by atoms with Crippen molar-refractivity contribution in [2.24, 2.45) is 0 Å². The zero-order valence-electron chi connectivity index (χ0n) is 22.7. The first-order valence-corrected chi connectivity index (χ1v) is 14.3. The Hall–Kier alpha value is -3.15. The van der Waals surface area contributed by atoms with Gasteiger partial charge in [-0.3, -0.25) is 0 Å². The van der Waals surface area contributed by atoms with Crippen LogP contribution in [-0.4, -0.2) is 26.9 Å². The second kappa shape index (κ2) is 17.5. The number of anilines is 2. The molecule has 0 atom stereocenters. The summed E-state index contributed by atoms with van der Waals surface area (Å²) in [7, 11) is 0. The lowest BCUT2D eigenvalue weighted by Gasteiger charge is -2.13. The Balaban J connectivity index is 0.000000478. The third-order valence-corrected chi connectivity index (χ3v) is 6.35. The summed E-state index contributed by atoms with van der Waals surface area (Å²) >= 11 is 0.611. The Bertz CT molecular complexity index is 1160. The summed E-state index contributed by atoms with van der Waals surface area (Å²) in [4.78, 5) is 11.8. The number of rotatable bonds is 14. The molecule has 1 aromatic carbocycles. The van der Waals surface area contributed by atoms with Crippen molar-refractivity contribution in [3.8, 4) is 22.9 Å². The molecule has 0 fully saturated rings. The van der Waals surface area contributed by atoms with Gasteiger partial charge in [-0.05, 0) is 18.2 Å². The van der Waals surface area contributed by atoms with Gasteiger partial charge in [0.1, 0.15) is 0 Å². The molecule has 0 bridgehead atoms. The molecule has 0 radical (unpaired) electrons. The SMILES string of the molecule is CCCCCCCCCC.Nc1nccc(-c2cccnc2Oc2cc(F)c(NSCCC(F)(F)F)cc2F)n1. The zero-order chi connectivity index (χ0) is 29.4. The van der Waals surface area contributed by atoms with Crippen LogP contribution in [0.25, 0.3) is 11.3 Å². The van der Waals surface area contributed by atoms with E-state index in [0.717, 1.165) is 12.1 Å². The van der Waals surface area contributed by atoms with E-state index in [0.29, 0.717) is 23.2 Å². The molecule has 0 aliphatic heterocycles. The van der Waals surface area contributed by atoms with E-state index in [-0.39, 0.29) is 23.3 Å². The molecule has 0 aliphatic carbocycles. The fourth-order valence-corrected chi connectivity index (χ4v) is 4.23. The molecule has 3 aromatic rings. The third kappa shape index (κ3) is 12.4. The predicted octanol–water partition coefficient (Wildman–Crippen LogP) is 9.35. The van der Waals surface area contributed by atoms with Crippen molar-refractivity contribution < 1.29 is 26.7 Å². The molecular formula is C28H36F5N5OS. The molecule has 3 N–H and O–H groups in total. The lowest BCUT2D eigenvalue weighted by molar-refractivity contribution is -0.129. The summed E-state index contributed by atoms with van der Waals surface area (Å²) in [6, 6.07) is 6.31. The van der Waals surface area contributed by atoms with Gasteiger partial charge in [0.05, 0.1) is 23.4 Å². The first-order valence-electron chi connectivity index (χ1n) is 13.3. The van der Waals surface area contributed by atoms with E-state index in [9.17, 15) is 22.0 Å². The molecule has 40 heavy (non-hydrogen) atoms. The van der Waals surface area contributed by atoms with Gasteiger partial charge in [0.25, 0.3) is 0 Å². The smallest absolute Gasteiger partial charge is 0.389 e. The van der Waals surface area contributed by atoms with Crippen LogP contribution < -0.4 is 15.2 Å². The maximum Gasteiger partial charge on any atom is 0.389 e. The lowest BCUT2D eigenvalue weighted by Crippen LogP contribution is -2.09. The van der Waals surface area contributed by atoms with Gasteiger partial charge in [-0.15, -0.1) is 0 Å². The number of halogens is 5. The normalized spacial score (nSPS) is 11.1. The molecule has 2 heterocycles. The number of alkyl halides is 3. The van der Waals surface area contributed by atoms with Crippen molar-refractivity contribution in [3.63, 3.8) is 0 Å². The van der Waals surface area contributed by atoms with Crippen LogP contribution in [0.5, 0.6) is 11.6 Å². The van der Waals surface area contributed by atoms with Gasteiger partial charge in [-0.1, -0.05) is 77.2 Å². The molecule has 0 aliphatic rings. The number of aromatic nitrogens is 3. The number of nitrogens with two attached hydrogens (primary N) is 1. The minimum Gasteiger partial charge on any atom is -0.435 e. The van der Waals surface area contributed by atoms with Crippen molar-refractivity contribution in [1.82, 2.24) is 15.0 Å². The van der Waals surface area contributed by atoms with Crippen LogP contribution in [0.4, 0.5) is 33.6 Å². The minimum absolute atomic E-state index is 0.0120. The van der Waals surface area contributed by atoms with Crippen LogP contribution in [-0.2, 0) is 0 Å². The van der Waals surface area contributed by atoms with Crippen molar-refractivity contribution in [2.75, 3.05) is 16.2 Å². The van der Waals surface area contributed by atoms with Gasteiger partial charge >= 0.3 is 6.18 Å². The van der Waals surface area contributed by atoms with Gasteiger partial charge < -0.3 is 15.2 Å². The van der Waals surface area contributed by atoms with Gasteiger partial charge in [0.15, 0.2) is 17.4 Å². The highest BCUT2D eigenvalue weighted by Crippen LogP contribution is 2.34. The highest BCUT2D eigenvalue weighted by atomic mass is 32.2. The standard InChI is InChI=1S/C18H14F5N5OS.C10H22/c19-11-9-15(12(20)8-14(11)28-30-7-4-18(21,22)23)29-16-10(2-1-5-25-16)13-3-6-26-17(24)27-13;1-3-5-7-9-10-8-6-4-2/h1-3,5-6,8-9,28H,4,7H2,(H2,24,26,27);3-10H2,1-2H3. The number of nitrogens with zero attached hydrogens (tertiary/aromatic N) is 3. The average Bonchev–Trinajstić information content (AvgIpc) is 2.91. The minimum atomic E-state index is -4.33. The molecule has 0 amide bonds. The summed E-state index contributed by atoms with van der Waals surface area (Å²) in [5.41, 5.74) is 6.00. The summed E-state index contributed by atoms with van der Waals surface area (Å²) < 4.78 is 72.9. The lowest BCUT2D eigenvalue weighted by atomic mass is 10.1. The molecule has 3 rings (SSSR count). The molecule has 0 unspecified atom stereocenters. The summed E-state index contributed by atoms with van der Waals surface area (Å²) in [5.74, 6) is -2.70. The van der Waals surface area contributed by atoms with E-state index in [1.807, 2.05) is 0 Å². The maximum absolute atomic E-state index is 14.4. The molecule has 0 saturated carbocycles. The number of benzene rings is 1. The fourth-order valence-electron chi connectivity index (χ4n) is 3.48. The Kier molecular flexibility index (Phi) is 14.5. The second-order valence-electron chi connectivity index (χ2n) is 8.96. The molecular weight excluding hydrogens is 549 g/mol. The van der Waals surface area contributed by atoms with Crippen molar-refractivity contribution in [3.05, 3.63) is 54.4 Å². The summed E-state index contributed by atoms with van der Waals surface area (Å²) in [6.07, 6.45) is 8.88. The van der Waals surface area contributed by atoms with Gasteiger partial charge in [-0.25, -0.2) is 23.7 Å². The number of pyridine rings is 1. The van der Waals surface area contributed by atoms with Crippen LogP contribution in [0.1, 0.15) is 71.6 Å². The third-order valence-electron chi connectivity index (χ3n) is 5.58. The molecule has 0 saturated heterocycles. The number of hydrogen-bond donors (Lipinski definition) is 2. The van der Waals surface area contributed by atoms with Crippen LogP contribution in [0.3, 0.4) is 0 Å². The quantitative estimate of drug-likeness (QED) is 0.111. The molecule has 2 aromatic heterocycles. The van der Waals surface area contributed by atoms with E-state index in [4.69, 9.17) is 10.5 Å². The maximum atomic E-state index is 14.4. The fraction of sp³-hybridized carbons (Fsp3) is 0.464. The van der Waals surface area contributed by atoms with Crippen LogP contribution in [0.2, 0.25) is 0 Å². The summed E-state index contributed by atoms with van der Waals surface area (Å²) in [5, 5.41) is 0. The first-order chi connectivity index (χ1) is 19.1. The van der Waals surface area contributed by atoms with E-state index >= 15 is 0 Å². The molecule has 6 nitrogen and oxygen atoms in total. The highest BCUT2D eigenvalue weighted by molar-refractivity contribution is 8.00. The number of unbranched alkanes of at least 4 members (excludes halogenated alkanes) is 7. The largest absolute Gasteiger partial charge is 0.435 e. The molecule has 12 heteroatoms. The average molecular weight is 586 g/mol. The Morgan fingerprint density at radius 1 is 0.900 bits per heavy atom. The van der Waals surface area contributed by atoms with Crippen molar-refractivity contribution in [1.29, 1.82) is 0 Å². The predicted molar refractivity (Wildman–Crippen MR) is 151 cm³/mol. The van der Waals surface area contributed by atoms with E-state index < -0.39 is 30.0 Å². The molecule has 220 valence electrons. The van der Waals surface area contributed by atoms with Crippen molar-refractivity contribution in [2.45, 2.75) is 77.8 Å². The van der Waals surface area contributed by atoms with Crippen LogP contribution >= 0.6 is 11.9 Å². The summed E-state index contributed by atoms with van der Waals surface area (Å²) in [6.45, 7) is 4.54. The Labute approximate surface area is 236 Å². The zero-order valence-corrected chi connectivity index (χ0v) is 23.6. The number of nitrogens with one attached hydrogen (secondary N) is 1. The second-order valence-corrected chi connectivity index (χ2v) is 9.86. The number of nitrogen functional groups attached to an aromatic ring is 1.